The first-order valence-corrected chi connectivity index (χ1v) is 8.00. The molecule has 0 aliphatic carbocycles. The molecule has 0 bridgehead atoms. The molecule has 1 heterocycles. The smallest absolute Gasteiger partial charge is 0.270 e. The molecule has 0 saturated carbocycles. The zero-order chi connectivity index (χ0) is 17.6. The number of carbonyl (C=O) groups excluding carboxylic acids is 1. The van der Waals surface area contributed by atoms with Gasteiger partial charge in [-0.05, 0) is 42.5 Å². The minimum Gasteiger partial charge on any atom is -0.354 e. The second-order valence-corrected chi connectivity index (χ2v) is 5.77. The van der Waals surface area contributed by atoms with Crippen molar-refractivity contribution in [2.24, 2.45) is 0 Å². The third-order valence-corrected chi connectivity index (χ3v) is 3.78. The monoisotopic (exact) mass is 355 g/mol. The predicted octanol–water partition coefficient (Wildman–Crippen LogP) is 4.55. The molecule has 0 aliphatic heterocycles. The summed E-state index contributed by atoms with van der Waals surface area (Å²) in [5.41, 5.74) is 2.30. The van der Waals surface area contributed by atoms with Crippen LogP contribution >= 0.6 is 11.6 Å². The van der Waals surface area contributed by atoms with Gasteiger partial charge in [0.2, 0.25) is 0 Å². The Morgan fingerprint density at radius 3 is 2.40 bits per heavy atom. The van der Waals surface area contributed by atoms with E-state index in [1.165, 1.54) is 6.07 Å². The zero-order valence-corrected chi connectivity index (χ0v) is 13.9. The minimum absolute atomic E-state index is 0.109. The molecule has 3 aromatic rings. The van der Waals surface area contributed by atoms with E-state index >= 15 is 0 Å². The summed E-state index contributed by atoms with van der Waals surface area (Å²) in [7, 11) is 0. The van der Waals surface area contributed by atoms with Crippen molar-refractivity contribution in [1.29, 1.82) is 0 Å². The lowest BCUT2D eigenvalue weighted by molar-refractivity contribution is 0.0945. The van der Waals surface area contributed by atoms with Crippen LogP contribution in [0, 0.1) is 5.82 Å². The fourth-order valence-corrected chi connectivity index (χ4v) is 2.34. The lowest BCUT2D eigenvalue weighted by Gasteiger charge is -2.08. The lowest BCUT2D eigenvalue weighted by atomic mass is 10.2. The highest BCUT2D eigenvalue weighted by molar-refractivity contribution is 6.30. The van der Waals surface area contributed by atoms with E-state index in [0.717, 1.165) is 11.4 Å². The first-order chi connectivity index (χ1) is 12.1. The van der Waals surface area contributed by atoms with Crippen LogP contribution in [0.3, 0.4) is 0 Å². The van der Waals surface area contributed by atoms with Crippen LogP contribution in [-0.4, -0.2) is 10.9 Å². The molecule has 3 rings (SSSR count). The molecule has 1 amide bonds. The maximum atomic E-state index is 13.5. The summed E-state index contributed by atoms with van der Waals surface area (Å²) in [4.78, 5) is 16.2. The number of rotatable bonds is 5. The largest absolute Gasteiger partial charge is 0.354 e. The van der Waals surface area contributed by atoms with Gasteiger partial charge in [0.05, 0.1) is 11.9 Å². The molecule has 25 heavy (non-hydrogen) atoms. The third-order valence-electron chi connectivity index (χ3n) is 3.53. The number of amides is 1. The molecule has 1 aromatic heterocycles. The molecule has 6 heteroatoms. The fourth-order valence-electron chi connectivity index (χ4n) is 2.21. The molecular formula is C19H15ClFN3O. The van der Waals surface area contributed by atoms with E-state index in [0.29, 0.717) is 10.6 Å². The molecule has 2 aromatic carbocycles. The maximum absolute atomic E-state index is 13.5. The molecule has 0 unspecified atom stereocenters. The minimum atomic E-state index is -0.360. The van der Waals surface area contributed by atoms with Crippen molar-refractivity contribution in [3.63, 3.8) is 0 Å². The van der Waals surface area contributed by atoms with E-state index in [9.17, 15) is 9.18 Å². The summed E-state index contributed by atoms with van der Waals surface area (Å²) in [6.45, 7) is 0.109. The first-order valence-electron chi connectivity index (χ1n) is 7.62. The number of carbonyl (C=O) groups is 1. The Bertz CT molecular complexity index is 867. The highest BCUT2D eigenvalue weighted by Crippen LogP contribution is 2.18. The summed E-state index contributed by atoms with van der Waals surface area (Å²) < 4.78 is 13.5. The topological polar surface area (TPSA) is 54.0 Å². The summed E-state index contributed by atoms with van der Waals surface area (Å²) in [6.07, 6.45) is 1.56. The van der Waals surface area contributed by atoms with Crippen LogP contribution in [0.1, 0.15) is 16.1 Å². The van der Waals surface area contributed by atoms with Crippen LogP contribution in [-0.2, 0) is 6.54 Å². The van der Waals surface area contributed by atoms with Gasteiger partial charge >= 0.3 is 0 Å². The number of halogens is 2. The van der Waals surface area contributed by atoms with Crippen molar-refractivity contribution in [3.8, 4) is 0 Å². The average Bonchev–Trinajstić information content (AvgIpc) is 2.63. The maximum Gasteiger partial charge on any atom is 0.270 e. The fraction of sp³-hybridized carbons (Fsp3) is 0.0526. The molecule has 0 spiro atoms. The Hall–Kier alpha value is -2.92. The normalized spacial score (nSPS) is 10.3. The van der Waals surface area contributed by atoms with Crippen LogP contribution in [0.25, 0.3) is 0 Å². The van der Waals surface area contributed by atoms with Crippen LogP contribution in [0.4, 0.5) is 15.8 Å². The molecule has 126 valence electrons. The standard InChI is InChI=1S/C19H15ClFN3O/c20-14-5-7-15(8-6-14)24-16-9-10-18(22-12-16)19(25)23-11-13-3-1-2-4-17(13)21/h1-10,12,24H,11H2,(H,23,25). The summed E-state index contributed by atoms with van der Waals surface area (Å²) in [5, 5.41) is 6.47. The number of hydrogen-bond acceptors (Lipinski definition) is 3. The molecule has 0 radical (unpaired) electrons. The van der Waals surface area contributed by atoms with Crippen LogP contribution in [0.15, 0.2) is 66.9 Å². The summed E-state index contributed by atoms with van der Waals surface area (Å²) in [6, 6.07) is 16.9. The van der Waals surface area contributed by atoms with Gasteiger partial charge in [0.15, 0.2) is 0 Å². The Balaban J connectivity index is 1.60. The van der Waals surface area contributed by atoms with Crippen LogP contribution in [0.2, 0.25) is 5.02 Å². The third kappa shape index (κ3) is 4.55. The van der Waals surface area contributed by atoms with Crippen LogP contribution < -0.4 is 10.6 Å². The van der Waals surface area contributed by atoms with E-state index in [1.54, 1.807) is 48.7 Å². The van der Waals surface area contributed by atoms with E-state index in [2.05, 4.69) is 15.6 Å². The van der Waals surface area contributed by atoms with Gasteiger partial charge in [-0.2, -0.15) is 0 Å². The van der Waals surface area contributed by atoms with Gasteiger partial charge in [0, 0.05) is 22.8 Å². The van der Waals surface area contributed by atoms with Crippen molar-refractivity contribution in [1.82, 2.24) is 10.3 Å². The van der Waals surface area contributed by atoms with E-state index in [-0.39, 0.29) is 24.0 Å². The van der Waals surface area contributed by atoms with Crippen molar-refractivity contribution >= 4 is 28.9 Å². The number of pyridine rings is 1. The molecule has 2 N–H and O–H groups in total. The van der Waals surface area contributed by atoms with Crippen molar-refractivity contribution in [2.75, 3.05) is 5.32 Å². The van der Waals surface area contributed by atoms with E-state index in [4.69, 9.17) is 11.6 Å². The Morgan fingerprint density at radius 2 is 1.72 bits per heavy atom. The second kappa shape index (κ2) is 7.77. The number of aromatic nitrogens is 1. The molecule has 0 saturated heterocycles. The quantitative estimate of drug-likeness (QED) is 0.706. The first kappa shape index (κ1) is 16.9. The number of nitrogens with zero attached hydrogens (tertiary/aromatic N) is 1. The Labute approximate surface area is 149 Å². The highest BCUT2D eigenvalue weighted by atomic mass is 35.5. The molecule has 0 atom stereocenters. The van der Waals surface area contributed by atoms with Crippen molar-refractivity contribution in [2.45, 2.75) is 6.54 Å². The molecular weight excluding hydrogens is 341 g/mol. The van der Waals surface area contributed by atoms with Gasteiger partial charge in [-0.15, -0.1) is 0 Å². The lowest BCUT2D eigenvalue weighted by Crippen LogP contribution is -2.24. The summed E-state index contributed by atoms with van der Waals surface area (Å²) in [5.74, 6) is -0.709. The van der Waals surface area contributed by atoms with Gasteiger partial charge in [0.25, 0.3) is 5.91 Å². The van der Waals surface area contributed by atoms with Crippen LogP contribution in [0.5, 0.6) is 0 Å². The molecule has 4 nitrogen and oxygen atoms in total. The van der Waals surface area contributed by atoms with Gasteiger partial charge < -0.3 is 10.6 Å². The molecule has 0 fully saturated rings. The van der Waals surface area contributed by atoms with E-state index < -0.39 is 0 Å². The Morgan fingerprint density at radius 1 is 1.00 bits per heavy atom. The van der Waals surface area contributed by atoms with Gasteiger partial charge in [-0.25, -0.2) is 9.37 Å². The zero-order valence-electron chi connectivity index (χ0n) is 13.2. The Kier molecular flexibility index (Phi) is 5.26. The average molecular weight is 356 g/mol. The number of anilines is 2. The number of benzene rings is 2. The summed E-state index contributed by atoms with van der Waals surface area (Å²) >= 11 is 5.85. The van der Waals surface area contributed by atoms with E-state index in [1.807, 2.05) is 12.1 Å². The number of nitrogens with one attached hydrogen (secondary N) is 2. The van der Waals surface area contributed by atoms with Gasteiger partial charge in [-0.1, -0.05) is 29.8 Å². The van der Waals surface area contributed by atoms with Gasteiger partial charge in [-0.3, -0.25) is 4.79 Å². The predicted molar refractivity (Wildman–Crippen MR) is 96.5 cm³/mol. The SMILES string of the molecule is O=C(NCc1ccccc1F)c1ccc(Nc2ccc(Cl)cc2)cn1. The van der Waals surface area contributed by atoms with Crippen molar-refractivity contribution in [3.05, 3.63) is 89.0 Å². The van der Waals surface area contributed by atoms with Gasteiger partial charge in [0.1, 0.15) is 11.5 Å². The second-order valence-electron chi connectivity index (χ2n) is 5.34. The number of hydrogen-bond donors (Lipinski definition) is 2. The highest BCUT2D eigenvalue weighted by Gasteiger charge is 2.08. The molecule has 0 aliphatic rings. The van der Waals surface area contributed by atoms with Crippen molar-refractivity contribution < 1.29 is 9.18 Å².